The first-order chi connectivity index (χ1) is 7.57. The topological polar surface area (TPSA) is 95.5 Å². The fourth-order valence-electron chi connectivity index (χ4n) is 1.15. The first kappa shape index (κ1) is 11.9. The number of ether oxygens (including phenoxy) is 1. The highest BCUT2D eigenvalue weighted by Crippen LogP contribution is 2.36. The second-order valence-electron chi connectivity index (χ2n) is 2.99. The molecule has 0 atom stereocenters. The van der Waals surface area contributed by atoms with Crippen molar-refractivity contribution in [1.82, 2.24) is 0 Å². The van der Waals surface area contributed by atoms with Gasteiger partial charge in [-0.15, -0.1) is 0 Å². The Hall–Kier alpha value is -2.18. The van der Waals surface area contributed by atoms with E-state index in [0.717, 1.165) is 0 Å². The van der Waals surface area contributed by atoms with E-state index in [0.29, 0.717) is 6.42 Å². The molecule has 0 saturated carbocycles. The van der Waals surface area contributed by atoms with Crippen LogP contribution in [0.3, 0.4) is 0 Å². The maximum Gasteiger partial charge on any atom is 0.318 e. The molecule has 1 aromatic rings. The van der Waals surface area contributed by atoms with Crippen LogP contribution in [0.1, 0.15) is 13.3 Å². The monoisotopic (exact) mass is 226 g/mol. The van der Waals surface area contributed by atoms with Gasteiger partial charge in [0.25, 0.3) is 5.75 Å². The van der Waals surface area contributed by atoms with Crippen molar-refractivity contribution in [3.05, 3.63) is 38.4 Å². The Morgan fingerprint density at radius 1 is 1.19 bits per heavy atom. The quantitative estimate of drug-likeness (QED) is 0.566. The number of rotatable bonds is 5. The van der Waals surface area contributed by atoms with E-state index in [2.05, 4.69) is 0 Å². The zero-order valence-corrected chi connectivity index (χ0v) is 8.58. The molecule has 0 aliphatic heterocycles. The molecule has 86 valence electrons. The minimum atomic E-state index is -0.696. The first-order valence-electron chi connectivity index (χ1n) is 4.62. The highest BCUT2D eigenvalue weighted by molar-refractivity contribution is 5.59. The minimum Gasteiger partial charge on any atom is -0.482 e. The highest BCUT2D eigenvalue weighted by atomic mass is 16.6. The zero-order valence-electron chi connectivity index (χ0n) is 8.58. The van der Waals surface area contributed by atoms with E-state index in [9.17, 15) is 20.2 Å². The number of nitro benzene ring substituents is 2. The smallest absolute Gasteiger partial charge is 0.318 e. The summed E-state index contributed by atoms with van der Waals surface area (Å²) in [5.74, 6) is -0.278. The number of hydrogen-bond acceptors (Lipinski definition) is 5. The minimum absolute atomic E-state index is 0.200. The zero-order chi connectivity index (χ0) is 12.1. The summed E-state index contributed by atoms with van der Waals surface area (Å²) in [5.41, 5.74) is -0.773. The van der Waals surface area contributed by atoms with Crippen molar-refractivity contribution >= 4 is 11.4 Å². The Labute approximate surface area is 90.9 Å². The van der Waals surface area contributed by atoms with Crippen LogP contribution in [-0.4, -0.2) is 16.5 Å². The van der Waals surface area contributed by atoms with Crippen molar-refractivity contribution in [2.45, 2.75) is 13.3 Å². The van der Waals surface area contributed by atoms with Crippen LogP contribution in [0.4, 0.5) is 11.4 Å². The average molecular weight is 226 g/mol. The Morgan fingerprint density at radius 3 is 2.06 bits per heavy atom. The van der Waals surface area contributed by atoms with Gasteiger partial charge < -0.3 is 4.74 Å². The normalized spacial score (nSPS) is 9.81. The van der Waals surface area contributed by atoms with Crippen LogP contribution >= 0.6 is 0 Å². The van der Waals surface area contributed by atoms with Crippen LogP contribution in [0.25, 0.3) is 0 Å². The fourth-order valence-corrected chi connectivity index (χ4v) is 1.15. The molecule has 7 heteroatoms. The Kier molecular flexibility index (Phi) is 3.76. The summed E-state index contributed by atoms with van der Waals surface area (Å²) in [6.07, 6.45) is 0.614. The lowest BCUT2D eigenvalue weighted by Crippen LogP contribution is -2.02. The highest BCUT2D eigenvalue weighted by Gasteiger charge is 2.25. The summed E-state index contributed by atoms with van der Waals surface area (Å²) < 4.78 is 5.06. The van der Waals surface area contributed by atoms with Gasteiger partial charge in [-0.05, 0) is 12.5 Å². The molecule has 1 rings (SSSR count). The molecule has 0 fully saturated rings. The van der Waals surface area contributed by atoms with Crippen molar-refractivity contribution in [1.29, 1.82) is 0 Å². The van der Waals surface area contributed by atoms with E-state index in [1.165, 1.54) is 18.2 Å². The van der Waals surface area contributed by atoms with Crippen LogP contribution in [0.5, 0.6) is 5.75 Å². The lowest BCUT2D eigenvalue weighted by Gasteiger charge is -2.05. The summed E-state index contributed by atoms with van der Waals surface area (Å²) in [7, 11) is 0. The molecule has 7 nitrogen and oxygen atoms in total. The molecule has 0 amide bonds. The van der Waals surface area contributed by atoms with Crippen molar-refractivity contribution in [3.63, 3.8) is 0 Å². The van der Waals surface area contributed by atoms with Crippen molar-refractivity contribution in [2.75, 3.05) is 6.61 Å². The number of nitrogens with zero attached hydrogens (tertiary/aromatic N) is 2. The second kappa shape index (κ2) is 5.06. The number of hydrogen-bond donors (Lipinski definition) is 0. The summed E-state index contributed by atoms with van der Waals surface area (Å²) in [6.45, 7) is 2.01. The van der Waals surface area contributed by atoms with E-state index in [1.807, 2.05) is 0 Å². The third-order valence-corrected chi connectivity index (χ3v) is 1.82. The molecular weight excluding hydrogens is 216 g/mol. The van der Waals surface area contributed by atoms with Gasteiger partial charge in [0.05, 0.1) is 16.5 Å². The van der Waals surface area contributed by atoms with Gasteiger partial charge in [-0.1, -0.05) is 6.92 Å². The van der Waals surface area contributed by atoms with Crippen molar-refractivity contribution in [3.8, 4) is 5.75 Å². The number of benzene rings is 1. The van der Waals surface area contributed by atoms with Gasteiger partial charge in [0.1, 0.15) is 0 Å². The SMILES string of the molecule is CCCOc1c([N+](=O)[O-])cccc1[N+](=O)[O-]. The molecule has 0 aromatic heterocycles. The summed E-state index contributed by atoms with van der Waals surface area (Å²) in [6, 6.07) is 3.62. The van der Waals surface area contributed by atoms with E-state index in [4.69, 9.17) is 4.74 Å². The lowest BCUT2D eigenvalue weighted by molar-refractivity contribution is -0.396. The van der Waals surface area contributed by atoms with Crippen LogP contribution in [0, 0.1) is 20.2 Å². The molecule has 0 aliphatic rings. The molecule has 1 aromatic carbocycles. The maximum absolute atomic E-state index is 10.7. The molecule has 0 unspecified atom stereocenters. The van der Waals surface area contributed by atoms with Gasteiger partial charge in [-0.25, -0.2) is 0 Å². The van der Waals surface area contributed by atoms with Gasteiger partial charge >= 0.3 is 11.4 Å². The number of para-hydroxylation sites is 1. The lowest BCUT2D eigenvalue weighted by atomic mass is 10.2. The molecule has 16 heavy (non-hydrogen) atoms. The third kappa shape index (κ3) is 2.44. The Balaban J connectivity index is 3.23. The van der Waals surface area contributed by atoms with Gasteiger partial charge in [-0.3, -0.25) is 20.2 Å². The summed E-state index contributed by atoms with van der Waals surface area (Å²) >= 11 is 0. The van der Waals surface area contributed by atoms with Crippen LogP contribution < -0.4 is 4.74 Å². The van der Waals surface area contributed by atoms with E-state index in [-0.39, 0.29) is 23.7 Å². The standard InChI is InChI=1S/C9H10N2O5/c1-2-6-16-9-7(10(12)13)4-3-5-8(9)11(14)15/h3-5H,2,6H2,1H3. The molecule has 0 heterocycles. The Bertz CT molecular complexity index is 386. The van der Waals surface area contributed by atoms with E-state index < -0.39 is 9.85 Å². The number of nitro groups is 2. The maximum atomic E-state index is 10.7. The van der Waals surface area contributed by atoms with Gasteiger partial charge in [-0.2, -0.15) is 0 Å². The van der Waals surface area contributed by atoms with E-state index in [1.54, 1.807) is 6.92 Å². The summed E-state index contributed by atoms with van der Waals surface area (Å²) in [5, 5.41) is 21.3. The predicted octanol–water partition coefficient (Wildman–Crippen LogP) is 2.29. The molecule has 0 saturated heterocycles. The molecule has 0 N–H and O–H groups in total. The van der Waals surface area contributed by atoms with Crippen molar-refractivity contribution < 1.29 is 14.6 Å². The molecule has 0 bridgehead atoms. The van der Waals surface area contributed by atoms with Crippen LogP contribution in [0.2, 0.25) is 0 Å². The Morgan fingerprint density at radius 2 is 1.69 bits per heavy atom. The van der Waals surface area contributed by atoms with Crippen LogP contribution in [0.15, 0.2) is 18.2 Å². The molecule has 0 aliphatic carbocycles. The van der Waals surface area contributed by atoms with Gasteiger partial charge in [0.15, 0.2) is 0 Å². The first-order valence-corrected chi connectivity index (χ1v) is 4.62. The largest absolute Gasteiger partial charge is 0.482 e. The molecular formula is C9H10N2O5. The molecule has 0 spiro atoms. The predicted molar refractivity (Wildman–Crippen MR) is 55.5 cm³/mol. The van der Waals surface area contributed by atoms with Gasteiger partial charge in [0, 0.05) is 12.1 Å². The summed E-state index contributed by atoms with van der Waals surface area (Å²) in [4.78, 5) is 19.9. The average Bonchev–Trinajstić information content (AvgIpc) is 2.25. The van der Waals surface area contributed by atoms with Crippen molar-refractivity contribution in [2.24, 2.45) is 0 Å². The second-order valence-corrected chi connectivity index (χ2v) is 2.99. The van der Waals surface area contributed by atoms with Crippen LogP contribution in [-0.2, 0) is 0 Å². The fraction of sp³-hybridized carbons (Fsp3) is 0.333. The molecule has 0 radical (unpaired) electrons. The van der Waals surface area contributed by atoms with Gasteiger partial charge in [0.2, 0.25) is 0 Å². The van der Waals surface area contributed by atoms with E-state index >= 15 is 0 Å². The third-order valence-electron chi connectivity index (χ3n) is 1.82.